The lowest BCUT2D eigenvalue weighted by Crippen LogP contribution is -2.36. The fourth-order valence-corrected chi connectivity index (χ4v) is 4.28. The monoisotopic (exact) mass is 496 g/mol. The van der Waals surface area contributed by atoms with Crippen molar-refractivity contribution in [3.63, 3.8) is 0 Å². The molecule has 0 bridgehead atoms. The molecule has 0 radical (unpaired) electrons. The highest BCUT2D eigenvalue weighted by Crippen LogP contribution is 2.42. The van der Waals surface area contributed by atoms with Gasteiger partial charge in [0, 0.05) is 0 Å². The Hall–Kier alpha value is -1.91. The molecule has 2 heteroatoms. The van der Waals surface area contributed by atoms with E-state index in [1.54, 1.807) is 0 Å². The van der Waals surface area contributed by atoms with Crippen molar-refractivity contribution in [2.24, 2.45) is 0 Å². The van der Waals surface area contributed by atoms with E-state index in [9.17, 15) is 0 Å². The van der Waals surface area contributed by atoms with Crippen molar-refractivity contribution in [3.8, 4) is 0 Å². The number of hydrogen-bond donors (Lipinski definition) is 0. The molecule has 29 heavy (non-hydrogen) atoms. The summed E-state index contributed by atoms with van der Waals surface area (Å²) in [6, 6.07) is 31.8. The molecule has 0 N–H and O–H groups in total. The molecule has 0 fully saturated rings. The van der Waals surface area contributed by atoms with Crippen LogP contribution in [0.1, 0.15) is 49.3 Å². The molecule has 3 rings (SSSR count). The van der Waals surface area contributed by atoms with Crippen molar-refractivity contribution in [2.45, 2.75) is 44.3 Å². The van der Waals surface area contributed by atoms with Crippen LogP contribution in [0.25, 0.3) is 0 Å². The Morgan fingerprint density at radius 2 is 1.21 bits per heavy atom. The molecule has 0 aliphatic heterocycles. The van der Waals surface area contributed by atoms with Gasteiger partial charge in [0.15, 0.2) is 0 Å². The Morgan fingerprint density at radius 1 is 0.759 bits per heavy atom. The molecule has 1 atom stereocenters. The first kappa shape index (κ1) is 21.8. The Kier molecular flexibility index (Phi) is 8.51. The zero-order valence-electron chi connectivity index (χ0n) is 17.0. The lowest BCUT2D eigenvalue weighted by atomic mass is 9.79. The van der Waals surface area contributed by atoms with Gasteiger partial charge in [0.1, 0.15) is 5.60 Å². The second-order valence-corrected chi connectivity index (χ2v) is 7.97. The third-order valence-electron chi connectivity index (χ3n) is 5.25. The summed E-state index contributed by atoms with van der Waals surface area (Å²) >= 11 is 2.30. The number of hydrogen-bond acceptors (Lipinski definition) is 1. The molecule has 0 saturated heterocycles. The van der Waals surface area contributed by atoms with E-state index in [0.29, 0.717) is 0 Å². The summed E-state index contributed by atoms with van der Waals surface area (Å²) in [6.07, 6.45) is 6.85. The zero-order valence-corrected chi connectivity index (χ0v) is 19.2. The summed E-state index contributed by atoms with van der Waals surface area (Å²) in [5, 5.41) is 0. The molecular weight excluding hydrogens is 467 g/mol. The van der Waals surface area contributed by atoms with Crippen molar-refractivity contribution in [2.75, 3.05) is 0 Å². The molecular formula is C27H29IO. The van der Waals surface area contributed by atoms with E-state index < -0.39 is 5.60 Å². The largest absolute Gasteiger partial charge is 0.354 e. The first-order chi connectivity index (χ1) is 14.3. The molecule has 0 heterocycles. The van der Waals surface area contributed by atoms with Crippen LogP contribution < -0.4 is 0 Å². The highest BCUT2D eigenvalue weighted by Gasteiger charge is 2.39. The first-order valence-corrected chi connectivity index (χ1v) is 11.7. The van der Waals surface area contributed by atoms with Gasteiger partial charge < -0.3 is 4.74 Å². The van der Waals surface area contributed by atoms with Gasteiger partial charge in [-0.15, -0.1) is 0 Å². The predicted octanol–water partition coefficient (Wildman–Crippen LogP) is 7.89. The van der Waals surface area contributed by atoms with Gasteiger partial charge in [-0.3, -0.25) is 0 Å². The lowest BCUT2D eigenvalue weighted by Gasteiger charge is -2.38. The quantitative estimate of drug-likeness (QED) is 0.158. The van der Waals surface area contributed by atoms with Crippen LogP contribution in [0, 0.1) is 0 Å². The van der Waals surface area contributed by atoms with E-state index in [4.69, 9.17) is 4.74 Å². The Bertz CT molecular complexity index is 762. The van der Waals surface area contributed by atoms with Crippen LogP contribution >= 0.6 is 22.6 Å². The van der Waals surface area contributed by atoms with Crippen LogP contribution in [0.15, 0.2) is 101 Å². The van der Waals surface area contributed by atoms with Crippen molar-refractivity contribution < 1.29 is 4.74 Å². The van der Waals surface area contributed by atoms with Gasteiger partial charge in [-0.05, 0) is 33.3 Å². The number of rotatable bonds is 10. The molecule has 150 valence electrons. The van der Waals surface area contributed by atoms with E-state index in [-0.39, 0.29) is 6.10 Å². The summed E-state index contributed by atoms with van der Waals surface area (Å²) in [4.78, 5) is 0. The van der Waals surface area contributed by atoms with E-state index in [1.807, 2.05) is 0 Å². The zero-order chi connectivity index (χ0) is 20.4. The molecule has 0 saturated carbocycles. The third kappa shape index (κ3) is 5.37. The van der Waals surface area contributed by atoms with Crippen molar-refractivity contribution >= 4 is 22.6 Å². The van der Waals surface area contributed by atoms with E-state index in [1.165, 1.54) is 12.8 Å². The van der Waals surface area contributed by atoms with E-state index >= 15 is 0 Å². The van der Waals surface area contributed by atoms with E-state index in [2.05, 4.69) is 131 Å². The fraction of sp³-hybridized carbons (Fsp3) is 0.259. The summed E-state index contributed by atoms with van der Waals surface area (Å²) in [6.45, 7) is 2.24. The lowest BCUT2D eigenvalue weighted by molar-refractivity contribution is -0.0285. The average Bonchev–Trinajstić information content (AvgIpc) is 2.79. The molecule has 0 spiro atoms. The molecule has 0 aromatic heterocycles. The van der Waals surface area contributed by atoms with Gasteiger partial charge in [0.05, 0.1) is 6.10 Å². The van der Waals surface area contributed by atoms with Crippen LogP contribution in [0.3, 0.4) is 0 Å². The Morgan fingerprint density at radius 3 is 1.59 bits per heavy atom. The number of unbranched alkanes of at least 4 members (excludes halogenated alkanes) is 2. The Balaban J connectivity index is 2.16. The fourth-order valence-electron chi connectivity index (χ4n) is 3.82. The predicted molar refractivity (Wildman–Crippen MR) is 131 cm³/mol. The summed E-state index contributed by atoms with van der Waals surface area (Å²) < 4.78 is 9.18. The minimum absolute atomic E-state index is 0.0408. The highest BCUT2D eigenvalue weighted by atomic mass is 127. The van der Waals surface area contributed by atoms with Gasteiger partial charge >= 0.3 is 0 Å². The van der Waals surface area contributed by atoms with Gasteiger partial charge in [0.25, 0.3) is 0 Å². The van der Waals surface area contributed by atoms with Gasteiger partial charge in [0.2, 0.25) is 0 Å². The second-order valence-electron chi connectivity index (χ2n) is 7.25. The van der Waals surface area contributed by atoms with Crippen LogP contribution in [0.5, 0.6) is 0 Å². The van der Waals surface area contributed by atoms with Crippen LogP contribution in [0.4, 0.5) is 0 Å². The van der Waals surface area contributed by atoms with Gasteiger partial charge in [-0.1, -0.05) is 140 Å². The molecule has 1 unspecified atom stereocenters. The SMILES string of the molecule is CCCCCC(/C=C/I)OC(c1ccccc1)(c1ccccc1)c1ccccc1. The van der Waals surface area contributed by atoms with Gasteiger partial charge in [-0.25, -0.2) is 0 Å². The average molecular weight is 496 g/mol. The molecule has 0 aliphatic rings. The maximum absolute atomic E-state index is 7.09. The van der Waals surface area contributed by atoms with Crippen LogP contribution in [-0.2, 0) is 10.3 Å². The van der Waals surface area contributed by atoms with Gasteiger partial charge in [-0.2, -0.15) is 0 Å². The summed E-state index contributed by atoms with van der Waals surface area (Å²) in [7, 11) is 0. The molecule has 3 aromatic rings. The molecule has 1 nitrogen and oxygen atoms in total. The number of ether oxygens (including phenoxy) is 1. The minimum Gasteiger partial charge on any atom is -0.354 e. The van der Waals surface area contributed by atoms with Crippen molar-refractivity contribution in [3.05, 3.63) is 118 Å². The summed E-state index contributed by atoms with van der Waals surface area (Å²) in [5.41, 5.74) is 2.80. The summed E-state index contributed by atoms with van der Waals surface area (Å²) in [5.74, 6) is 0. The highest BCUT2D eigenvalue weighted by molar-refractivity contribution is 14.1. The first-order valence-electron chi connectivity index (χ1n) is 10.4. The van der Waals surface area contributed by atoms with Crippen molar-refractivity contribution in [1.29, 1.82) is 0 Å². The van der Waals surface area contributed by atoms with E-state index in [0.717, 1.165) is 29.5 Å². The Labute approximate surface area is 189 Å². The third-order valence-corrected chi connectivity index (χ3v) is 5.66. The smallest absolute Gasteiger partial charge is 0.144 e. The molecule has 3 aromatic carbocycles. The number of benzene rings is 3. The number of halogens is 1. The normalized spacial score (nSPS) is 12.9. The molecule has 0 aliphatic carbocycles. The van der Waals surface area contributed by atoms with Crippen LogP contribution in [0.2, 0.25) is 0 Å². The maximum atomic E-state index is 7.09. The minimum atomic E-state index is -0.656. The maximum Gasteiger partial charge on any atom is 0.144 e. The standard InChI is InChI=1S/C27H29IO/c1-2-3-7-20-26(21-22-28)29-27(23-14-8-4-9-15-23,24-16-10-5-11-17-24)25-18-12-6-13-19-25/h4-6,8-19,21-22,26H,2-3,7,20H2,1H3/b22-21+. The topological polar surface area (TPSA) is 9.23 Å². The van der Waals surface area contributed by atoms with Crippen LogP contribution in [-0.4, -0.2) is 6.10 Å². The van der Waals surface area contributed by atoms with Crippen molar-refractivity contribution in [1.82, 2.24) is 0 Å². The second kappa shape index (κ2) is 11.3. The molecule has 0 amide bonds.